The maximum atomic E-state index is 5.84. The summed E-state index contributed by atoms with van der Waals surface area (Å²) in [6.45, 7) is 7.23. The first-order valence-corrected chi connectivity index (χ1v) is 4.88. The third kappa shape index (κ3) is 1.31. The van der Waals surface area contributed by atoms with E-state index in [1.54, 1.807) is 0 Å². The number of nitrogens with zero attached hydrogens (tertiary/aromatic N) is 3. The van der Waals surface area contributed by atoms with Gasteiger partial charge in [0.25, 0.3) is 0 Å². The molecule has 14 heavy (non-hydrogen) atoms. The second kappa shape index (κ2) is 2.83. The molecule has 0 unspecified atom stereocenters. The van der Waals surface area contributed by atoms with E-state index in [1.807, 2.05) is 10.9 Å². The summed E-state index contributed by atoms with van der Waals surface area (Å²) in [7, 11) is 0. The largest absolute Gasteiger partial charge is 0.382 e. The van der Waals surface area contributed by atoms with E-state index in [-0.39, 0.29) is 5.54 Å². The van der Waals surface area contributed by atoms with E-state index in [0.29, 0.717) is 5.82 Å². The lowest BCUT2D eigenvalue weighted by molar-refractivity contribution is 0.344. The van der Waals surface area contributed by atoms with Crippen LogP contribution in [0.1, 0.15) is 32.0 Å². The minimum Gasteiger partial charge on any atom is -0.382 e. The Hall–Kier alpha value is -1.32. The molecule has 0 bridgehead atoms. The van der Waals surface area contributed by atoms with Crippen molar-refractivity contribution in [3.05, 3.63) is 11.3 Å². The Morgan fingerprint density at radius 2 is 2.14 bits per heavy atom. The SMILES string of the molecule is CC(C)(C)n1nc(N)c2c1CCN=C2. The van der Waals surface area contributed by atoms with E-state index < -0.39 is 0 Å². The summed E-state index contributed by atoms with van der Waals surface area (Å²) in [4.78, 5) is 4.22. The zero-order valence-electron chi connectivity index (χ0n) is 8.91. The summed E-state index contributed by atoms with van der Waals surface area (Å²) in [6.07, 6.45) is 2.77. The predicted molar refractivity (Wildman–Crippen MR) is 57.8 cm³/mol. The van der Waals surface area contributed by atoms with Gasteiger partial charge in [-0.3, -0.25) is 9.67 Å². The van der Waals surface area contributed by atoms with Crippen LogP contribution in [-0.4, -0.2) is 22.5 Å². The number of aromatic nitrogens is 2. The standard InChI is InChI=1S/C10H16N4/c1-10(2,3)14-8-4-5-12-6-7(8)9(11)13-14/h6H,4-5H2,1-3H3,(H2,11,13). The molecule has 0 amide bonds. The molecule has 0 saturated carbocycles. The van der Waals surface area contributed by atoms with Gasteiger partial charge < -0.3 is 5.73 Å². The highest BCUT2D eigenvalue weighted by molar-refractivity contribution is 5.88. The zero-order valence-corrected chi connectivity index (χ0v) is 8.91. The van der Waals surface area contributed by atoms with Gasteiger partial charge in [-0.05, 0) is 20.8 Å². The van der Waals surface area contributed by atoms with Gasteiger partial charge >= 0.3 is 0 Å². The Labute approximate surface area is 83.8 Å². The van der Waals surface area contributed by atoms with Gasteiger partial charge in [-0.25, -0.2) is 0 Å². The first-order chi connectivity index (χ1) is 6.50. The van der Waals surface area contributed by atoms with Crippen molar-refractivity contribution in [2.45, 2.75) is 32.7 Å². The lowest BCUT2D eigenvalue weighted by atomic mass is 10.1. The van der Waals surface area contributed by atoms with Crippen LogP contribution >= 0.6 is 0 Å². The fourth-order valence-corrected chi connectivity index (χ4v) is 1.75. The lowest BCUT2D eigenvalue weighted by Crippen LogP contribution is -2.26. The fraction of sp³-hybridized carbons (Fsp3) is 0.600. The van der Waals surface area contributed by atoms with Gasteiger partial charge in [0.15, 0.2) is 5.82 Å². The van der Waals surface area contributed by atoms with Crippen molar-refractivity contribution in [1.82, 2.24) is 9.78 Å². The number of anilines is 1. The Morgan fingerprint density at radius 3 is 2.79 bits per heavy atom. The second-order valence-corrected chi connectivity index (χ2v) is 4.61. The third-order valence-corrected chi connectivity index (χ3v) is 2.38. The molecule has 4 nitrogen and oxygen atoms in total. The first kappa shape index (κ1) is 9.24. The van der Waals surface area contributed by atoms with Crippen molar-refractivity contribution >= 4 is 12.0 Å². The number of hydrogen-bond acceptors (Lipinski definition) is 3. The molecule has 0 aliphatic carbocycles. The number of fused-ring (bicyclic) bond motifs is 1. The molecule has 0 spiro atoms. The van der Waals surface area contributed by atoms with Gasteiger partial charge in [0.2, 0.25) is 0 Å². The third-order valence-electron chi connectivity index (χ3n) is 2.38. The summed E-state index contributed by atoms with van der Waals surface area (Å²) >= 11 is 0. The molecule has 1 aliphatic heterocycles. The van der Waals surface area contributed by atoms with Gasteiger partial charge in [0.1, 0.15) is 0 Å². The molecule has 2 N–H and O–H groups in total. The van der Waals surface area contributed by atoms with Crippen LogP contribution in [0.3, 0.4) is 0 Å². The molecule has 76 valence electrons. The quantitative estimate of drug-likeness (QED) is 0.671. The van der Waals surface area contributed by atoms with Crippen LogP contribution < -0.4 is 5.73 Å². The van der Waals surface area contributed by atoms with Crippen LogP contribution in [-0.2, 0) is 12.0 Å². The highest BCUT2D eigenvalue weighted by atomic mass is 15.3. The number of rotatable bonds is 0. The van der Waals surface area contributed by atoms with Crippen molar-refractivity contribution in [2.24, 2.45) is 4.99 Å². The topological polar surface area (TPSA) is 56.2 Å². The molecular formula is C10H16N4. The van der Waals surface area contributed by atoms with E-state index in [9.17, 15) is 0 Å². The number of hydrogen-bond donors (Lipinski definition) is 1. The molecule has 0 radical (unpaired) electrons. The van der Waals surface area contributed by atoms with Gasteiger partial charge in [-0.15, -0.1) is 0 Å². The summed E-state index contributed by atoms with van der Waals surface area (Å²) in [5.41, 5.74) is 8.05. The highest BCUT2D eigenvalue weighted by Gasteiger charge is 2.23. The van der Waals surface area contributed by atoms with Crippen LogP contribution in [0.15, 0.2) is 4.99 Å². The Morgan fingerprint density at radius 1 is 1.43 bits per heavy atom. The highest BCUT2D eigenvalue weighted by Crippen LogP contribution is 2.24. The summed E-state index contributed by atoms with van der Waals surface area (Å²) in [6, 6.07) is 0. The first-order valence-electron chi connectivity index (χ1n) is 4.88. The van der Waals surface area contributed by atoms with Gasteiger partial charge in [0, 0.05) is 19.2 Å². The Balaban J connectivity index is 2.59. The van der Waals surface area contributed by atoms with Crippen LogP contribution in [0, 0.1) is 0 Å². The molecule has 0 fully saturated rings. The van der Waals surface area contributed by atoms with E-state index in [1.165, 1.54) is 5.69 Å². The van der Waals surface area contributed by atoms with Crippen LogP contribution in [0.5, 0.6) is 0 Å². The molecule has 0 atom stereocenters. The summed E-state index contributed by atoms with van der Waals surface area (Å²) in [5, 5.41) is 4.37. The zero-order chi connectivity index (χ0) is 10.3. The van der Waals surface area contributed by atoms with E-state index in [0.717, 1.165) is 18.5 Å². The van der Waals surface area contributed by atoms with E-state index >= 15 is 0 Å². The van der Waals surface area contributed by atoms with Crippen molar-refractivity contribution in [3.8, 4) is 0 Å². The smallest absolute Gasteiger partial charge is 0.154 e. The summed E-state index contributed by atoms with van der Waals surface area (Å²) < 4.78 is 2.02. The molecule has 2 heterocycles. The molecule has 1 aliphatic rings. The van der Waals surface area contributed by atoms with Crippen molar-refractivity contribution in [1.29, 1.82) is 0 Å². The average molecular weight is 192 g/mol. The van der Waals surface area contributed by atoms with Crippen molar-refractivity contribution in [3.63, 3.8) is 0 Å². The van der Waals surface area contributed by atoms with Crippen LogP contribution in [0.4, 0.5) is 5.82 Å². The maximum Gasteiger partial charge on any atom is 0.154 e. The predicted octanol–water partition coefficient (Wildman–Crippen LogP) is 1.20. The minimum absolute atomic E-state index is 0.00706. The van der Waals surface area contributed by atoms with Crippen molar-refractivity contribution in [2.75, 3.05) is 12.3 Å². The van der Waals surface area contributed by atoms with E-state index in [4.69, 9.17) is 5.73 Å². The summed E-state index contributed by atoms with van der Waals surface area (Å²) in [5.74, 6) is 0.596. The molecule has 0 aromatic carbocycles. The van der Waals surface area contributed by atoms with Crippen LogP contribution in [0.25, 0.3) is 0 Å². The monoisotopic (exact) mass is 192 g/mol. The Kier molecular flexibility index (Phi) is 1.87. The molecule has 2 rings (SSSR count). The van der Waals surface area contributed by atoms with E-state index in [2.05, 4.69) is 30.9 Å². The van der Waals surface area contributed by atoms with Gasteiger partial charge in [0.05, 0.1) is 16.8 Å². The van der Waals surface area contributed by atoms with Crippen LogP contribution in [0.2, 0.25) is 0 Å². The number of nitrogen functional groups attached to an aromatic ring is 1. The lowest BCUT2D eigenvalue weighted by Gasteiger charge is -2.23. The van der Waals surface area contributed by atoms with Gasteiger partial charge in [-0.2, -0.15) is 5.10 Å². The molecule has 1 aromatic heterocycles. The Bertz CT molecular complexity index is 382. The van der Waals surface area contributed by atoms with Gasteiger partial charge in [-0.1, -0.05) is 0 Å². The molecule has 1 aromatic rings. The maximum absolute atomic E-state index is 5.84. The minimum atomic E-state index is -0.00706. The normalized spacial score (nSPS) is 15.6. The van der Waals surface area contributed by atoms with Crippen molar-refractivity contribution < 1.29 is 0 Å². The average Bonchev–Trinajstić information content (AvgIpc) is 2.44. The fourth-order valence-electron chi connectivity index (χ4n) is 1.75. The molecular weight excluding hydrogens is 176 g/mol. The number of aliphatic imine (C=N–C) groups is 1. The molecule has 4 heteroatoms. The number of nitrogens with two attached hydrogens (primary N) is 1. The second-order valence-electron chi connectivity index (χ2n) is 4.61. The molecule has 0 saturated heterocycles.